The van der Waals surface area contributed by atoms with Gasteiger partial charge in [-0.1, -0.05) is 19.9 Å². The van der Waals surface area contributed by atoms with Crippen LogP contribution in [0.5, 0.6) is 0 Å². The van der Waals surface area contributed by atoms with Crippen LogP contribution in [0.15, 0.2) is 23.1 Å². The van der Waals surface area contributed by atoms with E-state index in [1.54, 1.807) is 30.0 Å². The molecule has 0 N–H and O–H groups in total. The zero-order chi connectivity index (χ0) is 14.9. The Balaban J connectivity index is 2.57. The van der Waals surface area contributed by atoms with Gasteiger partial charge >= 0.3 is 0 Å². The van der Waals surface area contributed by atoms with E-state index in [1.807, 2.05) is 13.8 Å². The Kier molecular flexibility index (Phi) is 4.38. The van der Waals surface area contributed by atoms with Gasteiger partial charge < -0.3 is 4.90 Å². The van der Waals surface area contributed by atoms with Crippen molar-refractivity contribution in [2.75, 3.05) is 11.4 Å². The van der Waals surface area contributed by atoms with Gasteiger partial charge in [-0.25, -0.2) is 0 Å². The summed E-state index contributed by atoms with van der Waals surface area (Å²) in [5.41, 5.74) is 1.20. The minimum absolute atomic E-state index is 0.0275. The molecule has 0 saturated heterocycles. The highest BCUT2D eigenvalue weighted by Crippen LogP contribution is 2.34. The zero-order valence-corrected chi connectivity index (χ0v) is 12.8. The molecule has 1 heterocycles. The van der Waals surface area contributed by atoms with Gasteiger partial charge in [-0.05, 0) is 25.5 Å². The number of hydrogen-bond donors (Lipinski definition) is 0. The van der Waals surface area contributed by atoms with Crippen molar-refractivity contribution in [2.45, 2.75) is 43.8 Å². The van der Waals surface area contributed by atoms with Crippen LogP contribution in [0.1, 0.15) is 44.0 Å². The number of ketones is 1. The second kappa shape index (κ2) is 5.87. The normalized spacial score (nSPS) is 21.8. The third-order valence-electron chi connectivity index (χ3n) is 3.60. The first kappa shape index (κ1) is 14.9. The van der Waals surface area contributed by atoms with Crippen molar-refractivity contribution < 1.29 is 13.8 Å². The van der Waals surface area contributed by atoms with Gasteiger partial charge in [0.05, 0.1) is 21.4 Å². The molecule has 2 atom stereocenters. The van der Waals surface area contributed by atoms with E-state index in [0.717, 1.165) is 0 Å². The number of anilines is 1. The van der Waals surface area contributed by atoms with Crippen LogP contribution in [-0.2, 0) is 15.6 Å². The highest BCUT2D eigenvalue weighted by atomic mass is 32.2. The molecule has 0 aromatic heterocycles. The van der Waals surface area contributed by atoms with E-state index in [1.165, 1.54) is 0 Å². The minimum atomic E-state index is -1.33. The topological polar surface area (TPSA) is 54.5 Å². The van der Waals surface area contributed by atoms with Crippen LogP contribution < -0.4 is 4.90 Å². The number of fused-ring (bicyclic) bond motifs is 1. The molecule has 0 aliphatic carbocycles. The number of Topliss-reactive ketones (excluding diaryl/α,β-unsaturated/α-hetero) is 1. The van der Waals surface area contributed by atoms with Crippen molar-refractivity contribution in [1.29, 1.82) is 0 Å². The molecular formula is C15H19NO3S. The first-order chi connectivity index (χ1) is 9.54. The average molecular weight is 293 g/mol. The molecule has 1 aliphatic heterocycles. The van der Waals surface area contributed by atoms with Crippen molar-refractivity contribution in [3.05, 3.63) is 23.8 Å². The van der Waals surface area contributed by atoms with Gasteiger partial charge in [0.25, 0.3) is 0 Å². The highest BCUT2D eigenvalue weighted by molar-refractivity contribution is 7.86. The molecule has 0 bridgehead atoms. The molecule has 2 rings (SSSR count). The summed E-state index contributed by atoms with van der Waals surface area (Å²) in [7, 11) is -1.33. The second-order valence-corrected chi connectivity index (χ2v) is 6.34. The zero-order valence-electron chi connectivity index (χ0n) is 12.0. The Hall–Kier alpha value is -1.49. The Morgan fingerprint density at radius 2 is 2.00 bits per heavy atom. The summed E-state index contributed by atoms with van der Waals surface area (Å²) in [4.78, 5) is 26.5. The molecule has 1 aromatic rings. The third kappa shape index (κ3) is 2.30. The molecule has 5 heteroatoms. The first-order valence-electron chi connectivity index (χ1n) is 6.94. The summed E-state index contributed by atoms with van der Waals surface area (Å²) in [5, 5.41) is -0.477. The molecule has 1 amide bonds. The quantitative estimate of drug-likeness (QED) is 0.802. The molecule has 2 unspecified atom stereocenters. The molecule has 0 spiro atoms. The SMILES string of the molecule is CCC(=O)c1ccc2c(c1)N(CC)C(=O)C(CC)S2=O. The van der Waals surface area contributed by atoms with Crippen molar-refractivity contribution in [3.8, 4) is 0 Å². The summed E-state index contributed by atoms with van der Waals surface area (Å²) in [6.45, 7) is 6.07. The maximum Gasteiger partial charge on any atom is 0.243 e. The van der Waals surface area contributed by atoms with Crippen LogP contribution in [0.3, 0.4) is 0 Å². The molecule has 108 valence electrons. The van der Waals surface area contributed by atoms with E-state index in [2.05, 4.69) is 0 Å². The van der Waals surface area contributed by atoms with Gasteiger partial charge in [0.2, 0.25) is 5.91 Å². The summed E-state index contributed by atoms with van der Waals surface area (Å²) < 4.78 is 12.4. The van der Waals surface area contributed by atoms with Gasteiger partial charge in [0, 0.05) is 18.5 Å². The van der Waals surface area contributed by atoms with Gasteiger partial charge in [-0.2, -0.15) is 0 Å². The van der Waals surface area contributed by atoms with Gasteiger partial charge in [0.15, 0.2) is 5.78 Å². The molecule has 0 radical (unpaired) electrons. The van der Waals surface area contributed by atoms with Crippen LogP contribution in [0, 0.1) is 0 Å². The number of carbonyl (C=O) groups is 2. The Labute approximate surface area is 121 Å². The lowest BCUT2D eigenvalue weighted by atomic mass is 10.1. The van der Waals surface area contributed by atoms with Gasteiger partial charge in [-0.3, -0.25) is 13.8 Å². The van der Waals surface area contributed by atoms with E-state index >= 15 is 0 Å². The maximum absolute atomic E-state index is 12.4. The fourth-order valence-electron chi connectivity index (χ4n) is 2.47. The summed E-state index contributed by atoms with van der Waals surface area (Å²) in [6, 6.07) is 5.14. The van der Waals surface area contributed by atoms with E-state index in [4.69, 9.17) is 0 Å². The number of nitrogens with zero attached hydrogens (tertiary/aromatic N) is 1. The monoisotopic (exact) mass is 293 g/mol. The van der Waals surface area contributed by atoms with E-state index in [0.29, 0.717) is 35.5 Å². The van der Waals surface area contributed by atoms with Crippen LogP contribution in [0.25, 0.3) is 0 Å². The predicted molar refractivity (Wildman–Crippen MR) is 79.6 cm³/mol. The van der Waals surface area contributed by atoms with Crippen LogP contribution in [-0.4, -0.2) is 27.7 Å². The minimum Gasteiger partial charge on any atom is -0.310 e. The lowest BCUT2D eigenvalue weighted by Gasteiger charge is -2.32. The van der Waals surface area contributed by atoms with Crippen molar-refractivity contribution >= 4 is 28.2 Å². The summed E-state index contributed by atoms with van der Waals surface area (Å²) >= 11 is 0. The molecule has 20 heavy (non-hydrogen) atoms. The third-order valence-corrected chi connectivity index (χ3v) is 5.43. The number of carbonyl (C=O) groups excluding carboxylic acids is 2. The van der Waals surface area contributed by atoms with Crippen LogP contribution in [0.2, 0.25) is 0 Å². The summed E-state index contributed by atoms with van der Waals surface area (Å²) in [5.74, 6) is -0.0818. The van der Waals surface area contributed by atoms with E-state index in [-0.39, 0.29) is 11.7 Å². The van der Waals surface area contributed by atoms with Gasteiger partial charge in [-0.15, -0.1) is 0 Å². The van der Waals surface area contributed by atoms with Crippen LogP contribution >= 0.6 is 0 Å². The fourth-order valence-corrected chi connectivity index (χ4v) is 3.96. The molecule has 1 aliphatic rings. The van der Waals surface area contributed by atoms with Gasteiger partial charge in [0.1, 0.15) is 5.25 Å². The van der Waals surface area contributed by atoms with Crippen molar-refractivity contribution in [3.63, 3.8) is 0 Å². The van der Waals surface area contributed by atoms with Crippen molar-refractivity contribution in [2.24, 2.45) is 0 Å². The molecule has 4 nitrogen and oxygen atoms in total. The smallest absolute Gasteiger partial charge is 0.243 e. The first-order valence-corrected chi connectivity index (χ1v) is 8.15. The lowest BCUT2D eigenvalue weighted by molar-refractivity contribution is -0.118. The number of rotatable bonds is 4. The Bertz CT molecular complexity index is 582. The maximum atomic E-state index is 12.4. The van der Waals surface area contributed by atoms with E-state index in [9.17, 15) is 13.8 Å². The standard InChI is InChI=1S/C15H19NO3S/c1-4-12(17)10-7-8-14-11(9-10)16(6-3)15(18)13(5-2)20(14)19/h7-9,13H,4-6H2,1-3H3. The number of amides is 1. The average Bonchev–Trinajstić information content (AvgIpc) is 2.47. The predicted octanol–water partition coefficient (Wildman–Crippen LogP) is 2.53. The molecular weight excluding hydrogens is 274 g/mol. The lowest BCUT2D eigenvalue weighted by Crippen LogP contribution is -2.45. The highest BCUT2D eigenvalue weighted by Gasteiger charge is 2.36. The largest absolute Gasteiger partial charge is 0.310 e. The van der Waals surface area contributed by atoms with E-state index < -0.39 is 16.0 Å². The van der Waals surface area contributed by atoms with Crippen LogP contribution in [0.4, 0.5) is 5.69 Å². The van der Waals surface area contributed by atoms with Crippen molar-refractivity contribution in [1.82, 2.24) is 0 Å². The Morgan fingerprint density at radius 1 is 1.30 bits per heavy atom. The second-order valence-electron chi connectivity index (χ2n) is 4.74. The fraction of sp³-hybridized carbons (Fsp3) is 0.467. The molecule has 1 aromatic carbocycles. The Morgan fingerprint density at radius 3 is 2.55 bits per heavy atom. The summed E-state index contributed by atoms with van der Waals surface area (Å²) in [6.07, 6.45) is 0.969. The number of benzene rings is 1. The number of hydrogen-bond acceptors (Lipinski definition) is 3. The molecule has 0 saturated carbocycles. The molecule has 0 fully saturated rings.